The molecule has 0 fully saturated rings. The Hall–Kier alpha value is -1.49. The number of hydrogen-bond donors (Lipinski definition) is 1. The van der Waals surface area contributed by atoms with Crippen molar-refractivity contribution >= 4 is 21.6 Å². The van der Waals surface area contributed by atoms with Gasteiger partial charge in [0.25, 0.3) is 0 Å². The predicted octanol–water partition coefficient (Wildman–Crippen LogP) is 2.80. The number of aromatic nitrogens is 2. The van der Waals surface area contributed by atoms with Crippen molar-refractivity contribution in [2.45, 2.75) is 6.54 Å². The van der Waals surface area contributed by atoms with Gasteiger partial charge in [0.2, 0.25) is 0 Å². The van der Waals surface area contributed by atoms with Gasteiger partial charge < -0.3 is 14.6 Å². The van der Waals surface area contributed by atoms with Gasteiger partial charge in [0.1, 0.15) is 5.75 Å². The lowest BCUT2D eigenvalue weighted by atomic mass is 10.3. The topological polar surface area (TPSA) is 39.1 Å². The molecule has 0 unspecified atom stereocenters. The van der Waals surface area contributed by atoms with Gasteiger partial charge in [-0.25, -0.2) is 4.98 Å². The summed E-state index contributed by atoms with van der Waals surface area (Å²) in [6.07, 6.45) is 3.64. The number of methoxy groups -OCH3 is 1. The second kappa shape index (κ2) is 5.23. The first-order chi connectivity index (χ1) is 8.20. The first-order valence-electron chi connectivity index (χ1n) is 5.23. The van der Waals surface area contributed by atoms with Gasteiger partial charge in [-0.3, -0.25) is 0 Å². The molecule has 0 aliphatic heterocycles. The average Bonchev–Trinajstić information content (AvgIpc) is 2.74. The molecule has 17 heavy (non-hydrogen) atoms. The maximum atomic E-state index is 5.19. The molecule has 0 spiro atoms. The fourth-order valence-corrected chi connectivity index (χ4v) is 1.89. The molecule has 0 atom stereocenters. The van der Waals surface area contributed by atoms with Crippen molar-refractivity contribution in [3.63, 3.8) is 0 Å². The summed E-state index contributed by atoms with van der Waals surface area (Å²) >= 11 is 3.50. The summed E-state index contributed by atoms with van der Waals surface area (Å²) in [4.78, 5) is 4.08. The summed E-state index contributed by atoms with van der Waals surface area (Å²) in [6, 6.07) is 5.84. The Balaban J connectivity index is 2.11. The number of anilines is 1. The second-order valence-corrected chi connectivity index (χ2v) is 4.55. The van der Waals surface area contributed by atoms with Gasteiger partial charge in [-0.05, 0) is 28.1 Å². The van der Waals surface area contributed by atoms with Crippen LogP contribution in [0.4, 0.5) is 5.69 Å². The van der Waals surface area contributed by atoms with Crippen LogP contribution in [-0.2, 0) is 13.6 Å². The Bertz CT molecular complexity index is 510. The van der Waals surface area contributed by atoms with E-state index >= 15 is 0 Å². The summed E-state index contributed by atoms with van der Waals surface area (Å²) in [5, 5.41) is 3.34. The first kappa shape index (κ1) is 12.0. The molecule has 2 rings (SSSR count). The van der Waals surface area contributed by atoms with Crippen molar-refractivity contribution < 1.29 is 4.74 Å². The SMILES string of the molecule is COc1ccc(Br)c(NCc2cncn2C)c1. The lowest BCUT2D eigenvalue weighted by Gasteiger charge is -2.10. The minimum atomic E-state index is 0.724. The van der Waals surface area contributed by atoms with Crippen molar-refractivity contribution in [1.29, 1.82) is 0 Å². The van der Waals surface area contributed by atoms with Gasteiger partial charge in [-0.15, -0.1) is 0 Å². The quantitative estimate of drug-likeness (QED) is 0.943. The van der Waals surface area contributed by atoms with E-state index in [0.29, 0.717) is 0 Å². The van der Waals surface area contributed by atoms with Crippen LogP contribution >= 0.6 is 15.9 Å². The third-order valence-electron chi connectivity index (χ3n) is 2.55. The molecule has 90 valence electrons. The van der Waals surface area contributed by atoms with Crippen LogP contribution in [0.2, 0.25) is 0 Å². The zero-order valence-electron chi connectivity index (χ0n) is 9.77. The summed E-state index contributed by atoms with van der Waals surface area (Å²) in [5.74, 6) is 0.834. The zero-order chi connectivity index (χ0) is 12.3. The van der Waals surface area contributed by atoms with E-state index in [1.54, 1.807) is 13.4 Å². The molecule has 0 saturated heterocycles. The molecule has 2 aromatic rings. The number of nitrogens with zero attached hydrogens (tertiary/aromatic N) is 2. The molecule has 0 aliphatic rings. The Morgan fingerprint density at radius 3 is 2.94 bits per heavy atom. The van der Waals surface area contributed by atoms with Gasteiger partial charge in [0.15, 0.2) is 0 Å². The van der Waals surface area contributed by atoms with E-state index in [-0.39, 0.29) is 0 Å². The van der Waals surface area contributed by atoms with E-state index in [0.717, 1.165) is 28.1 Å². The Morgan fingerprint density at radius 1 is 1.47 bits per heavy atom. The van der Waals surface area contributed by atoms with Gasteiger partial charge in [-0.2, -0.15) is 0 Å². The molecular formula is C12H14BrN3O. The number of nitrogens with one attached hydrogen (secondary N) is 1. The van der Waals surface area contributed by atoms with Gasteiger partial charge in [0.05, 0.1) is 31.4 Å². The molecule has 0 radical (unpaired) electrons. The van der Waals surface area contributed by atoms with Crippen molar-refractivity contribution in [3.05, 3.63) is 40.9 Å². The first-order valence-corrected chi connectivity index (χ1v) is 6.02. The van der Waals surface area contributed by atoms with Gasteiger partial charge in [0, 0.05) is 23.8 Å². The predicted molar refractivity (Wildman–Crippen MR) is 71.2 cm³/mol. The number of rotatable bonds is 4. The lowest BCUT2D eigenvalue weighted by Crippen LogP contribution is -2.04. The van der Waals surface area contributed by atoms with Crippen LogP contribution in [0.1, 0.15) is 5.69 Å². The van der Waals surface area contributed by atoms with Crippen LogP contribution in [0.5, 0.6) is 5.75 Å². The Kier molecular flexibility index (Phi) is 3.68. The summed E-state index contributed by atoms with van der Waals surface area (Å²) < 4.78 is 8.19. The van der Waals surface area contributed by atoms with Crippen LogP contribution in [-0.4, -0.2) is 16.7 Å². The molecule has 4 nitrogen and oxygen atoms in total. The van der Waals surface area contributed by atoms with Crippen LogP contribution in [0, 0.1) is 0 Å². The average molecular weight is 296 g/mol. The number of aryl methyl sites for hydroxylation is 1. The van der Waals surface area contributed by atoms with E-state index in [1.165, 1.54) is 0 Å². The Morgan fingerprint density at radius 2 is 2.29 bits per heavy atom. The van der Waals surface area contributed by atoms with Crippen molar-refractivity contribution in [2.75, 3.05) is 12.4 Å². The molecule has 0 amide bonds. The molecule has 1 aromatic heterocycles. The zero-order valence-corrected chi connectivity index (χ0v) is 11.4. The Labute approximate surface area is 109 Å². The highest BCUT2D eigenvalue weighted by atomic mass is 79.9. The molecule has 1 aromatic carbocycles. The molecule has 0 bridgehead atoms. The molecule has 1 heterocycles. The largest absolute Gasteiger partial charge is 0.497 e. The monoisotopic (exact) mass is 295 g/mol. The summed E-state index contributed by atoms with van der Waals surface area (Å²) in [7, 11) is 3.64. The number of halogens is 1. The van der Waals surface area contributed by atoms with Crippen LogP contribution in [0.3, 0.4) is 0 Å². The van der Waals surface area contributed by atoms with Crippen molar-refractivity contribution in [3.8, 4) is 5.75 Å². The maximum Gasteiger partial charge on any atom is 0.121 e. The normalized spacial score (nSPS) is 10.3. The lowest BCUT2D eigenvalue weighted by molar-refractivity contribution is 0.415. The van der Waals surface area contributed by atoms with Crippen molar-refractivity contribution in [1.82, 2.24) is 9.55 Å². The summed E-state index contributed by atoms with van der Waals surface area (Å²) in [6.45, 7) is 0.724. The second-order valence-electron chi connectivity index (χ2n) is 3.70. The van der Waals surface area contributed by atoms with Crippen LogP contribution in [0.25, 0.3) is 0 Å². The number of ether oxygens (including phenoxy) is 1. The smallest absolute Gasteiger partial charge is 0.121 e. The van der Waals surface area contributed by atoms with E-state index in [4.69, 9.17) is 4.74 Å². The molecule has 1 N–H and O–H groups in total. The molecule has 0 saturated carbocycles. The van der Waals surface area contributed by atoms with E-state index in [1.807, 2.05) is 36.0 Å². The minimum absolute atomic E-state index is 0.724. The molecule has 0 aliphatic carbocycles. The fourth-order valence-electron chi connectivity index (χ4n) is 1.51. The van der Waals surface area contributed by atoms with Crippen LogP contribution in [0.15, 0.2) is 35.2 Å². The molecule has 5 heteroatoms. The van der Waals surface area contributed by atoms with Gasteiger partial charge >= 0.3 is 0 Å². The number of imidazole rings is 1. The minimum Gasteiger partial charge on any atom is -0.497 e. The van der Waals surface area contributed by atoms with Gasteiger partial charge in [-0.1, -0.05) is 0 Å². The third kappa shape index (κ3) is 2.79. The summed E-state index contributed by atoms with van der Waals surface area (Å²) in [5.41, 5.74) is 2.13. The number of hydrogen-bond acceptors (Lipinski definition) is 3. The third-order valence-corrected chi connectivity index (χ3v) is 3.24. The van der Waals surface area contributed by atoms with E-state index in [9.17, 15) is 0 Å². The van der Waals surface area contributed by atoms with E-state index in [2.05, 4.69) is 26.2 Å². The molecular weight excluding hydrogens is 282 g/mol. The standard InChI is InChI=1S/C12H14BrN3O/c1-16-8-14-6-9(16)7-15-12-5-10(17-2)3-4-11(12)13/h3-6,8,15H,7H2,1-2H3. The van der Waals surface area contributed by atoms with Crippen LogP contribution < -0.4 is 10.1 Å². The highest BCUT2D eigenvalue weighted by Crippen LogP contribution is 2.27. The highest BCUT2D eigenvalue weighted by Gasteiger charge is 2.03. The maximum absolute atomic E-state index is 5.19. The van der Waals surface area contributed by atoms with E-state index < -0.39 is 0 Å². The highest BCUT2D eigenvalue weighted by molar-refractivity contribution is 9.10. The fraction of sp³-hybridized carbons (Fsp3) is 0.250. The number of benzene rings is 1. The van der Waals surface area contributed by atoms with Crippen molar-refractivity contribution in [2.24, 2.45) is 7.05 Å².